The second-order valence-electron chi connectivity index (χ2n) is 9.45. The Morgan fingerprint density at radius 2 is 1.91 bits per heavy atom. The Morgan fingerprint density at radius 3 is 2.60 bits per heavy atom. The average molecular weight is 497 g/mol. The number of nitrogens with zero attached hydrogens (tertiary/aromatic N) is 1. The molecular formula is C25H25ClN4O5. The molecule has 1 unspecified atom stereocenters. The number of halogens is 1. The van der Waals surface area contributed by atoms with Gasteiger partial charge in [-0.05, 0) is 66.8 Å². The van der Waals surface area contributed by atoms with E-state index in [1.807, 2.05) is 0 Å². The normalized spacial score (nSPS) is 21.4. The van der Waals surface area contributed by atoms with Gasteiger partial charge in [-0.1, -0.05) is 24.4 Å². The first kappa shape index (κ1) is 23.2. The number of rotatable bonds is 6. The quantitative estimate of drug-likeness (QED) is 0.487. The number of carbonyl (C=O) groups is 4. The molecule has 4 amide bonds. The molecule has 5 rings (SSSR count). The molecule has 2 aliphatic heterocycles. The van der Waals surface area contributed by atoms with Crippen LogP contribution in [0.4, 0.5) is 16.2 Å². The van der Waals surface area contributed by atoms with Crippen LogP contribution in [0, 0.1) is 5.92 Å². The fraction of sp³-hybridized carbons (Fsp3) is 0.360. The lowest BCUT2D eigenvalue weighted by atomic mass is 9.81. The summed E-state index contributed by atoms with van der Waals surface area (Å²) in [6.45, 7) is 0.641. The van der Waals surface area contributed by atoms with Crippen LogP contribution in [0.3, 0.4) is 0 Å². The summed E-state index contributed by atoms with van der Waals surface area (Å²) in [5, 5.41) is 17.4. The van der Waals surface area contributed by atoms with E-state index in [-0.39, 0.29) is 18.4 Å². The summed E-state index contributed by atoms with van der Waals surface area (Å²) in [5.74, 6) is -0.356. The van der Waals surface area contributed by atoms with Gasteiger partial charge in [0.05, 0.1) is 5.41 Å². The highest BCUT2D eigenvalue weighted by atomic mass is 35.5. The molecule has 0 aromatic heterocycles. The van der Waals surface area contributed by atoms with Crippen molar-refractivity contribution in [3.8, 4) is 0 Å². The molecule has 4 N–H and O–H groups in total. The summed E-state index contributed by atoms with van der Waals surface area (Å²) >= 11 is 6.20. The fourth-order valence-electron chi connectivity index (χ4n) is 4.99. The van der Waals surface area contributed by atoms with Crippen molar-refractivity contribution in [1.29, 1.82) is 0 Å². The average Bonchev–Trinajstić information content (AvgIpc) is 3.46. The third-order valence-corrected chi connectivity index (χ3v) is 7.26. The molecule has 1 aliphatic carbocycles. The van der Waals surface area contributed by atoms with E-state index in [0.29, 0.717) is 41.6 Å². The van der Waals surface area contributed by atoms with Crippen molar-refractivity contribution in [3.05, 3.63) is 58.6 Å². The Bertz CT molecular complexity index is 1210. The molecule has 2 aromatic rings. The van der Waals surface area contributed by atoms with E-state index in [1.54, 1.807) is 23.1 Å². The molecule has 2 aromatic carbocycles. The van der Waals surface area contributed by atoms with Gasteiger partial charge in [0.25, 0.3) is 5.91 Å². The highest BCUT2D eigenvalue weighted by molar-refractivity contribution is 6.31. The largest absolute Gasteiger partial charge is 0.465 e. The maximum atomic E-state index is 13.6. The number of benzene rings is 2. The lowest BCUT2D eigenvalue weighted by Crippen LogP contribution is -2.49. The van der Waals surface area contributed by atoms with E-state index in [1.165, 1.54) is 24.3 Å². The number of amides is 4. The van der Waals surface area contributed by atoms with Crippen molar-refractivity contribution in [1.82, 2.24) is 10.2 Å². The predicted octanol–water partition coefficient (Wildman–Crippen LogP) is 3.45. The molecule has 1 saturated carbocycles. The summed E-state index contributed by atoms with van der Waals surface area (Å²) in [4.78, 5) is 51.9. The zero-order valence-corrected chi connectivity index (χ0v) is 19.6. The van der Waals surface area contributed by atoms with E-state index in [2.05, 4.69) is 16.0 Å². The van der Waals surface area contributed by atoms with E-state index in [0.717, 1.165) is 24.1 Å². The molecule has 0 bridgehead atoms. The van der Waals surface area contributed by atoms with Crippen LogP contribution in [0.1, 0.15) is 41.6 Å². The van der Waals surface area contributed by atoms with Crippen LogP contribution in [0.5, 0.6) is 0 Å². The molecule has 35 heavy (non-hydrogen) atoms. The van der Waals surface area contributed by atoms with Crippen molar-refractivity contribution in [2.24, 2.45) is 5.92 Å². The van der Waals surface area contributed by atoms with Crippen molar-refractivity contribution in [2.75, 3.05) is 23.7 Å². The van der Waals surface area contributed by atoms with Crippen LogP contribution in [0.2, 0.25) is 5.02 Å². The van der Waals surface area contributed by atoms with Gasteiger partial charge < -0.3 is 20.6 Å². The minimum absolute atomic E-state index is 0.136. The lowest BCUT2D eigenvalue weighted by Gasteiger charge is -2.26. The zero-order chi connectivity index (χ0) is 24.7. The van der Waals surface area contributed by atoms with Gasteiger partial charge in [0.1, 0.15) is 6.04 Å². The molecule has 2 atom stereocenters. The van der Waals surface area contributed by atoms with Crippen molar-refractivity contribution < 1.29 is 24.3 Å². The van der Waals surface area contributed by atoms with Crippen LogP contribution in [0.25, 0.3) is 0 Å². The van der Waals surface area contributed by atoms with E-state index in [4.69, 9.17) is 16.7 Å². The first-order valence-corrected chi connectivity index (χ1v) is 11.9. The summed E-state index contributed by atoms with van der Waals surface area (Å²) in [6.07, 6.45) is 1.88. The number of nitrogens with one attached hydrogen (secondary N) is 3. The summed E-state index contributed by atoms with van der Waals surface area (Å²) in [5.41, 5.74) is 1.36. The number of anilines is 2. The van der Waals surface area contributed by atoms with Crippen molar-refractivity contribution in [2.45, 2.75) is 37.1 Å². The second-order valence-corrected chi connectivity index (χ2v) is 9.88. The lowest BCUT2D eigenvalue weighted by molar-refractivity contribution is -0.133. The number of hydrogen-bond donors (Lipinski definition) is 4. The van der Waals surface area contributed by atoms with Gasteiger partial charge in [-0.3, -0.25) is 19.7 Å². The Morgan fingerprint density at radius 1 is 1.17 bits per heavy atom. The minimum atomic E-state index is -1.19. The van der Waals surface area contributed by atoms with Crippen LogP contribution in [0.15, 0.2) is 42.5 Å². The Balaban J connectivity index is 1.31. The number of carboxylic acid groups (broad SMARTS) is 1. The number of hydrogen-bond acceptors (Lipinski definition) is 4. The molecule has 1 saturated heterocycles. The van der Waals surface area contributed by atoms with Gasteiger partial charge in [0.2, 0.25) is 11.8 Å². The Labute approximate surface area is 206 Å². The number of fused-ring (bicyclic) bond motifs is 2. The molecule has 1 spiro atoms. The van der Waals surface area contributed by atoms with Crippen molar-refractivity contribution in [3.63, 3.8) is 0 Å². The monoisotopic (exact) mass is 496 g/mol. The third kappa shape index (κ3) is 4.55. The van der Waals surface area contributed by atoms with Crippen LogP contribution in [-0.2, 0) is 15.0 Å². The van der Waals surface area contributed by atoms with E-state index < -0.39 is 23.5 Å². The van der Waals surface area contributed by atoms with E-state index in [9.17, 15) is 19.2 Å². The molecule has 9 nitrogen and oxygen atoms in total. The molecule has 10 heteroatoms. The fourth-order valence-corrected chi connectivity index (χ4v) is 5.16. The standard InChI is InChI=1S/C25H25ClN4O5/c26-16-5-8-19-18(12-16)25(23(33)29-19)9-10-30(13-25)22(32)20(11-14-1-2-14)28-21(31)15-3-6-17(7-4-15)27-24(34)35/h3-8,12,14,20,27H,1-2,9-11,13H2,(H,28,31)(H,29,33)(H,34,35)/t20-,25?/m0/s1. The summed E-state index contributed by atoms with van der Waals surface area (Å²) in [6, 6.07) is 10.6. The molecule has 2 heterocycles. The maximum absolute atomic E-state index is 13.6. The molecule has 2 fully saturated rings. The molecular weight excluding hydrogens is 472 g/mol. The van der Waals surface area contributed by atoms with Gasteiger partial charge in [0, 0.05) is 35.1 Å². The number of likely N-dealkylation sites (tertiary alicyclic amines) is 1. The first-order chi connectivity index (χ1) is 16.7. The predicted molar refractivity (Wildman–Crippen MR) is 130 cm³/mol. The highest BCUT2D eigenvalue weighted by Crippen LogP contribution is 2.45. The summed E-state index contributed by atoms with van der Waals surface area (Å²) in [7, 11) is 0. The zero-order valence-electron chi connectivity index (χ0n) is 18.8. The Kier molecular flexibility index (Phi) is 5.88. The van der Waals surface area contributed by atoms with Gasteiger partial charge in [0.15, 0.2) is 0 Å². The molecule has 0 radical (unpaired) electrons. The first-order valence-electron chi connectivity index (χ1n) is 11.6. The van der Waals surface area contributed by atoms with Gasteiger partial charge >= 0.3 is 6.09 Å². The van der Waals surface area contributed by atoms with E-state index >= 15 is 0 Å². The number of carbonyl (C=O) groups excluding carboxylic acids is 3. The van der Waals surface area contributed by atoms with Crippen molar-refractivity contribution >= 4 is 46.8 Å². The highest BCUT2D eigenvalue weighted by Gasteiger charge is 2.52. The van der Waals surface area contributed by atoms with Gasteiger partial charge in [-0.15, -0.1) is 0 Å². The van der Waals surface area contributed by atoms with Gasteiger partial charge in [-0.25, -0.2) is 4.79 Å². The third-order valence-electron chi connectivity index (χ3n) is 7.03. The second kappa shape index (κ2) is 8.88. The van der Waals surface area contributed by atoms with Crippen LogP contribution in [-0.4, -0.2) is 53.0 Å². The van der Waals surface area contributed by atoms with Crippen LogP contribution < -0.4 is 16.0 Å². The Hall–Kier alpha value is -3.59. The minimum Gasteiger partial charge on any atom is -0.465 e. The van der Waals surface area contributed by atoms with Gasteiger partial charge in [-0.2, -0.15) is 0 Å². The SMILES string of the molecule is O=C(O)Nc1ccc(C(=O)N[C@@H](CC2CC2)C(=O)N2CCC3(C2)C(=O)Nc2ccc(Cl)cc23)cc1. The summed E-state index contributed by atoms with van der Waals surface area (Å²) < 4.78 is 0. The smallest absolute Gasteiger partial charge is 0.409 e. The maximum Gasteiger partial charge on any atom is 0.409 e. The molecule has 3 aliphatic rings. The van der Waals surface area contributed by atoms with Crippen LogP contribution >= 0.6 is 11.6 Å². The molecule has 182 valence electrons. The topological polar surface area (TPSA) is 128 Å².